The Morgan fingerprint density at radius 3 is 2.76 bits per heavy atom. The predicted molar refractivity (Wildman–Crippen MR) is 85.9 cm³/mol. The standard InChI is InChI=1S/C15H25ClN4O/c1-4-21-11-14-17-13(16)9-15(18-14)20(3)10-12-5-7-19(2)8-6-12/h9,12H,4-8,10-11H2,1-3H3. The van der Waals surface area contributed by atoms with Crippen LogP contribution >= 0.6 is 11.6 Å². The average Bonchev–Trinajstić information content (AvgIpc) is 2.47. The van der Waals surface area contributed by atoms with Crippen LogP contribution in [0.2, 0.25) is 5.15 Å². The summed E-state index contributed by atoms with van der Waals surface area (Å²) >= 11 is 6.09. The second-order valence-corrected chi connectivity index (χ2v) is 6.12. The number of piperidine rings is 1. The van der Waals surface area contributed by atoms with Crippen molar-refractivity contribution in [2.24, 2.45) is 5.92 Å². The van der Waals surface area contributed by atoms with Gasteiger partial charge in [-0.05, 0) is 45.8 Å². The van der Waals surface area contributed by atoms with Crippen molar-refractivity contribution in [2.45, 2.75) is 26.4 Å². The van der Waals surface area contributed by atoms with E-state index in [1.807, 2.05) is 13.0 Å². The predicted octanol–water partition coefficient (Wildman–Crippen LogP) is 2.44. The van der Waals surface area contributed by atoms with Crippen LogP contribution in [0.15, 0.2) is 6.07 Å². The van der Waals surface area contributed by atoms with Gasteiger partial charge in [-0.2, -0.15) is 0 Å². The molecule has 0 unspecified atom stereocenters. The lowest BCUT2D eigenvalue weighted by Crippen LogP contribution is -2.36. The van der Waals surface area contributed by atoms with Gasteiger partial charge in [0.25, 0.3) is 0 Å². The first-order chi connectivity index (χ1) is 10.1. The van der Waals surface area contributed by atoms with Crippen molar-refractivity contribution >= 4 is 17.4 Å². The van der Waals surface area contributed by atoms with Crippen LogP contribution in [-0.4, -0.2) is 55.2 Å². The number of likely N-dealkylation sites (tertiary alicyclic amines) is 1. The van der Waals surface area contributed by atoms with Crippen molar-refractivity contribution in [1.82, 2.24) is 14.9 Å². The Labute approximate surface area is 132 Å². The van der Waals surface area contributed by atoms with E-state index in [1.165, 1.54) is 25.9 Å². The minimum Gasteiger partial charge on any atom is -0.374 e. The number of anilines is 1. The lowest BCUT2D eigenvalue weighted by molar-refractivity contribution is 0.128. The number of ether oxygens (including phenoxy) is 1. The quantitative estimate of drug-likeness (QED) is 0.755. The van der Waals surface area contributed by atoms with E-state index in [9.17, 15) is 0 Å². The summed E-state index contributed by atoms with van der Waals surface area (Å²) in [6.07, 6.45) is 2.48. The molecular formula is C15H25ClN4O. The summed E-state index contributed by atoms with van der Waals surface area (Å²) in [7, 11) is 4.26. The third kappa shape index (κ3) is 5.09. The van der Waals surface area contributed by atoms with Crippen LogP contribution in [-0.2, 0) is 11.3 Å². The van der Waals surface area contributed by atoms with E-state index in [-0.39, 0.29) is 0 Å². The van der Waals surface area contributed by atoms with Crippen molar-refractivity contribution in [3.8, 4) is 0 Å². The SMILES string of the molecule is CCOCc1nc(Cl)cc(N(C)CC2CCN(C)CC2)n1. The molecular weight excluding hydrogens is 288 g/mol. The molecule has 1 fully saturated rings. The molecule has 1 aromatic rings. The summed E-state index contributed by atoms with van der Waals surface area (Å²) in [6.45, 7) is 6.38. The van der Waals surface area contributed by atoms with Gasteiger partial charge in [0.2, 0.25) is 0 Å². The van der Waals surface area contributed by atoms with E-state index in [4.69, 9.17) is 16.3 Å². The summed E-state index contributed by atoms with van der Waals surface area (Å²) in [6, 6.07) is 1.83. The maximum atomic E-state index is 6.09. The number of hydrogen-bond acceptors (Lipinski definition) is 5. The first kappa shape index (κ1) is 16.5. The van der Waals surface area contributed by atoms with Crippen LogP contribution in [0.5, 0.6) is 0 Å². The van der Waals surface area contributed by atoms with Crippen LogP contribution in [0.4, 0.5) is 5.82 Å². The van der Waals surface area contributed by atoms with Gasteiger partial charge in [-0.3, -0.25) is 0 Å². The van der Waals surface area contributed by atoms with E-state index >= 15 is 0 Å². The molecule has 1 aliphatic heterocycles. The molecule has 118 valence electrons. The van der Waals surface area contributed by atoms with Crippen molar-refractivity contribution in [3.05, 3.63) is 17.0 Å². The van der Waals surface area contributed by atoms with Crippen molar-refractivity contribution in [1.29, 1.82) is 0 Å². The Morgan fingerprint density at radius 2 is 2.10 bits per heavy atom. The third-order valence-corrected chi connectivity index (χ3v) is 4.12. The molecule has 6 heteroatoms. The van der Waals surface area contributed by atoms with Crippen LogP contribution in [0.1, 0.15) is 25.6 Å². The normalized spacial score (nSPS) is 17.1. The van der Waals surface area contributed by atoms with Gasteiger partial charge < -0.3 is 14.5 Å². The van der Waals surface area contributed by atoms with Gasteiger partial charge in [0.05, 0.1) is 0 Å². The highest BCUT2D eigenvalue weighted by Crippen LogP contribution is 2.21. The maximum Gasteiger partial charge on any atom is 0.158 e. The van der Waals surface area contributed by atoms with E-state index in [0.717, 1.165) is 18.3 Å². The third-order valence-electron chi connectivity index (χ3n) is 3.92. The zero-order chi connectivity index (χ0) is 15.2. The fourth-order valence-corrected chi connectivity index (χ4v) is 2.83. The molecule has 21 heavy (non-hydrogen) atoms. The van der Waals surface area contributed by atoms with Crippen LogP contribution in [0.25, 0.3) is 0 Å². The Morgan fingerprint density at radius 1 is 1.38 bits per heavy atom. The lowest BCUT2D eigenvalue weighted by atomic mass is 9.97. The molecule has 0 N–H and O–H groups in total. The molecule has 1 aliphatic rings. The highest BCUT2D eigenvalue weighted by Gasteiger charge is 2.19. The Kier molecular flexibility index (Phi) is 6.21. The highest BCUT2D eigenvalue weighted by atomic mass is 35.5. The molecule has 0 aromatic carbocycles. The van der Waals surface area contributed by atoms with Crippen molar-refractivity contribution in [3.63, 3.8) is 0 Å². The van der Waals surface area contributed by atoms with Gasteiger partial charge in [-0.1, -0.05) is 11.6 Å². The van der Waals surface area contributed by atoms with Gasteiger partial charge in [0.1, 0.15) is 17.6 Å². The second-order valence-electron chi connectivity index (χ2n) is 5.73. The molecule has 0 atom stereocenters. The monoisotopic (exact) mass is 312 g/mol. The van der Waals surface area contributed by atoms with Crippen molar-refractivity contribution < 1.29 is 4.74 Å². The molecule has 0 spiro atoms. The summed E-state index contributed by atoms with van der Waals surface area (Å²) in [4.78, 5) is 13.3. The van der Waals surface area contributed by atoms with Gasteiger partial charge in [0.15, 0.2) is 5.82 Å². The summed E-state index contributed by atoms with van der Waals surface area (Å²) in [5, 5.41) is 0.477. The van der Waals surface area contributed by atoms with Crippen molar-refractivity contribution in [2.75, 3.05) is 45.2 Å². The van der Waals surface area contributed by atoms with Gasteiger partial charge in [0, 0.05) is 26.3 Å². The minimum absolute atomic E-state index is 0.409. The largest absolute Gasteiger partial charge is 0.374 e. The number of aromatic nitrogens is 2. The Bertz CT molecular complexity index is 449. The molecule has 2 heterocycles. The zero-order valence-electron chi connectivity index (χ0n) is 13.2. The van der Waals surface area contributed by atoms with E-state index in [2.05, 4.69) is 33.9 Å². The first-order valence-corrected chi connectivity index (χ1v) is 7.97. The lowest BCUT2D eigenvalue weighted by Gasteiger charge is -2.32. The molecule has 0 amide bonds. The van der Waals surface area contributed by atoms with E-state index in [0.29, 0.717) is 24.2 Å². The zero-order valence-corrected chi connectivity index (χ0v) is 13.9. The topological polar surface area (TPSA) is 41.5 Å². The molecule has 1 aromatic heterocycles. The summed E-state index contributed by atoms with van der Waals surface area (Å²) in [5.41, 5.74) is 0. The number of nitrogens with zero attached hydrogens (tertiary/aromatic N) is 4. The molecule has 0 saturated carbocycles. The molecule has 0 radical (unpaired) electrons. The number of rotatable bonds is 6. The Balaban J connectivity index is 1.97. The molecule has 0 bridgehead atoms. The number of hydrogen-bond donors (Lipinski definition) is 0. The number of halogens is 1. The van der Waals surface area contributed by atoms with Crippen LogP contribution < -0.4 is 4.90 Å². The minimum atomic E-state index is 0.409. The van der Waals surface area contributed by atoms with E-state index in [1.54, 1.807) is 0 Å². The summed E-state index contributed by atoms with van der Waals surface area (Å²) in [5.74, 6) is 2.24. The molecule has 0 aliphatic carbocycles. The summed E-state index contributed by atoms with van der Waals surface area (Å²) < 4.78 is 5.36. The average molecular weight is 313 g/mol. The van der Waals surface area contributed by atoms with Gasteiger partial charge in [-0.25, -0.2) is 9.97 Å². The van der Waals surface area contributed by atoms with Gasteiger partial charge in [-0.15, -0.1) is 0 Å². The smallest absolute Gasteiger partial charge is 0.158 e. The maximum absolute atomic E-state index is 6.09. The van der Waals surface area contributed by atoms with Gasteiger partial charge >= 0.3 is 0 Å². The van der Waals surface area contributed by atoms with Crippen LogP contribution in [0.3, 0.4) is 0 Å². The first-order valence-electron chi connectivity index (χ1n) is 7.59. The molecule has 2 rings (SSSR count). The fourth-order valence-electron chi connectivity index (χ4n) is 2.63. The molecule has 5 nitrogen and oxygen atoms in total. The Hall–Kier alpha value is -0.910. The van der Waals surface area contributed by atoms with Crippen LogP contribution in [0, 0.1) is 5.92 Å². The fraction of sp³-hybridized carbons (Fsp3) is 0.733. The second kappa shape index (κ2) is 7.92. The van der Waals surface area contributed by atoms with E-state index < -0.39 is 0 Å². The highest BCUT2D eigenvalue weighted by molar-refractivity contribution is 6.29. The molecule has 1 saturated heterocycles.